The normalized spacial score (nSPS) is 11.4. The summed E-state index contributed by atoms with van der Waals surface area (Å²) >= 11 is 0. The predicted molar refractivity (Wildman–Crippen MR) is 101 cm³/mol. The van der Waals surface area contributed by atoms with Crippen molar-refractivity contribution in [1.29, 1.82) is 0 Å². The Morgan fingerprint density at radius 2 is 1.69 bits per heavy atom. The first-order valence-corrected chi connectivity index (χ1v) is 8.55. The molecule has 0 N–H and O–H groups in total. The zero-order chi connectivity index (χ0) is 18.7. The van der Waals surface area contributed by atoms with E-state index < -0.39 is 0 Å². The van der Waals surface area contributed by atoms with Gasteiger partial charge in [0.1, 0.15) is 18.0 Å². The van der Waals surface area contributed by atoms with Crippen LogP contribution in [0, 0.1) is 0 Å². The fraction of sp³-hybridized carbons (Fsp3) is 0.286. The second-order valence-corrected chi connectivity index (χ2v) is 7.28. The van der Waals surface area contributed by atoms with Gasteiger partial charge in [0.05, 0.1) is 13.3 Å². The average Bonchev–Trinajstić information content (AvgIpc) is 3.09. The Morgan fingerprint density at radius 1 is 1.04 bits per heavy atom. The summed E-state index contributed by atoms with van der Waals surface area (Å²) in [5.74, 6) is 0.704. The van der Waals surface area contributed by atoms with Crippen LogP contribution in [0.5, 0.6) is 5.75 Å². The summed E-state index contributed by atoms with van der Waals surface area (Å²) < 4.78 is 6.68. The molecule has 134 valence electrons. The number of hydrogen-bond donors (Lipinski definition) is 0. The van der Waals surface area contributed by atoms with Crippen molar-refractivity contribution in [2.75, 3.05) is 7.11 Å². The van der Waals surface area contributed by atoms with Crippen molar-refractivity contribution in [1.82, 2.24) is 15.0 Å². The highest BCUT2D eigenvalue weighted by molar-refractivity contribution is 5.95. The summed E-state index contributed by atoms with van der Waals surface area (Å²) in [4.78, 5) is 12.4. The number of carbonyl (C=O) groups excluding carboxylic acids is 1. The summed E-state index contributed by atoms with van der Waals surface area (Å²) in [7, 11) is 1.60. The van der Waals surface area contributed by atoms with Gasteiger partial charge in [0.2, 0.25) is 0 Å². The van der Waals surface area contributed by atoms with E-state index in [0.717, 1.165) is 17.0 Å². The van der Waals surface area contributed by atoms with Crippen molar-refractivity contribution in [3.8, 4) is 17.0 Å². The van der Waals surface area contributed by atoms with Crippen LogP contribution in [0.4, 0.5) is 0 Å². The van der Waals surface area contributed by atoms with Crippen LogP contribution in [-0.2, 0) is 12.0 Å². The third kappa shape index (κ3) is 3.99. The summed E-state index contributed by atoms with van der Waals surface area (Å²) in [6, 6.07) is 15.4. The standard InChI is InChI=1S/C21H23N3O2/c1-21(2,3)17-9-5-15(6-10-17)19-13-24(23-22-19)14-20(25)16-7-11-18(26-4)12-8-16/h5-13H,14H2,1-4H3. The molecule has 0 saturated carbocycles. The smallest absolute Gasteiger partial charge is 0.184 e. The Balaban J connectivity index is 1.72. The van der Waals surface area contributed by atoms with E-state index in [9.17, 15) is 4.79 Å². The maximum Gasteiger partial charge on any atom is 0.184 e. The number of ketones is 1. The van der Waals surface area contributed by atoms with E-state index in [0.29, 0.717) is 5.56 Å². The van der Waals surface area contributed by atoms with Crippen LogP contribution in [0.3, 0.4) is 0 Å². The lowest BCUT2D eigenvalue weighted by Gasteiger charge is -2.18. The van der Waals surface area contributed by atoms with E-state index in [2.05, 4.69) is 43.2 Å². The van der Waals surface area contributed by atoms with Crippen molar-refractivity contribution < 1.29 is 9.53 Å². The first-order chi connectivity index (χ1) is 12.4. The molecule has 1 heterocycles. The maximum absolute atomic E-state index is 12.4. The molecule has 0 atom stereocenters. The van der Waals surface area contributed by atoms with Gasteiger partial charge in [0.25, 0.3) is 0 Å². The summed E-state index contributed by atoms with van der Waals surface area (Å²) in [6.07, 6.45) is 1.80. The SMILES string of the molecule is COc1ccc(C(=O)Cn2cc(-c3ccc(C(C)(C)C)cc3)nn2)cc1. The van der Waals surface area contributed by atoms with Crippen molar-refractivity contribution in [3.05, 3.63) is 65.9 Å². The van der Waals surface area contributed by atoms with Crippen molar-refractivity contribution in [2.45, 2.75) is 32.7 Å². The Hall–Kier alpha value is -2.95. The van der Waals surface area contributed by atoms with Crippen LogP contribution in [0.2, 0.25) is 0 Å². The van der Waals surface area contributed by atoms with Gasteiger partial charge in [-0.1, -0.05) is 50.3 Å². The fourth-order valence-electron chi connectivity index (χ4n) is 2.66. The van der Waals surface area contributed by atoms with Gasteiger partial charge in [0.15, 0.2) is 5.78 Å². The highest BCUT2D eigenvalue weighted by atomic mass is 16.5. The second-order valence-electron chi connectivity index (χ2n) is 7.28. The Bertz CT molecular complexity index is 888. The number of rotatable bonds is 5. The Kier molecular flexibility index (Phi) is 4.89. The van der Waals surface area contributed by atoms with Crippen LogP contribution in [0.15, 0.2) is 54.7 Å². The molecule has 26 heavy (non-hydrogen) atoms. The highest BCUT2D eigenvalue weighted by Crippen LogP contribution is 2.25. The quantitative estimate of drug-likeness (QED) is 0.650. The van der Waals surface area contributed by atoms with Crippen LogP contribution < -0.4 is 4.74 Å². The third-order valence-electron chi connectivity index (χ3n) is 4.30. The zero-order valence-corrected chi connectivity index (χ0v) is 15.6. The van der Waals surface area contributed by atoms with Gasteiger partial charge in [-0.05, 0) is 35.2 Å². The number of hydrogen-bond acceptors (Lipinski definition) is 4. The molecule has 2 aromatic carbocycles. The predicted octanol–water partition coefficient (Wildman–Crippen LogP) is 4.13. The van der Waals surface area contributed by atoms with E-state index in [4.69, 9.17) is 4.74 Å². The minimum absolute atomic E-state index is 0.0211. The zero-order valence-electron chi connectivity index (χ0n) is 15.6. The van der Waals surface area contributed by atoms with Crippen molar-refractivity contribution in [2.24, 2.45) is 0 Å². The number of methoxy groups -OCH3 is 1. The van der Waals surface area contributed by atoms with Gasteiger partial charge < -0.3 is 4.74 Å². The fourth-order valence-corrected chi connectivity index (χ4v) is 2.66. The number of ether oxygens (including phenoxy) is 1. The van der Waals surface area contributed by atoms with Gasteiger partial charge in [-0.15, -0.1) is 5.10 Å². The molecule has 5 heteroatoms. The molecule has 0 aliphatic carbocycles. The molecule has 0 fully saturated rings. The largest absolute Gasteiger partial charge is 0.497 e. The molecule has 0 saturated heterocycles. The number of benzene rings is 2. The van der Waals surface area contributed by atoms with E-state index >= 15 is 0 Å². The average molecular weight is 349 g/mol. The third-order valence-corrected chi connectivity index (χ3v) is 4.30. The molecule has 0 aliphatic rings. The number of Topliss-reactive ketones (excluding diaryl/α,β-unsaturated/α-hetero) is 1. The van der Waals surface area contributed by atoms with Gasteiger partial charge in [-0.2, -0.15) is 0 Å². The molecule has 0 aliphatic heterocycles. The molecule has 3 rings (SSSR count). The number of nitrogens with zero attached hydrogens (tertiary/aromatic N) is 3. The lowest BCUT2D eigenvalue weighted by molar-refractivity contribution is 0.0967. The van der Waals surface area contributed by atoms with Crippen molar-refractivity contribution >= 4 is 5.78 Å². The molecule has 3 aromatic rings. The summed E-state index contributed by atoms with van der Waals surface area (Å²) in [5, 5.41) is 8.28. The van der Waals surface area contributed by atoms with Crippen LogP contribution >= 0.6 is 0 Å². The molecule has 0 amide bonds. The Labute approximate surface area is 153 Å². The molecule has 5 nitrogen and oxygen atoms in total. The second kappa shape index (κ2) is 7.12. The lowest BCUT2D eigenvalue weighted by atomic mass is 9.86. The van der Waals surface area contributed by atoms with Gasteiger partial charge in [-0.3, -0.25) is 4.79 Å². The number of carbonyl (C=O) groups is 1. The topological polar surface area (TPSA) is 57.0 Å². The minimum atomic E-state index is -0.0211. The van der Waals surface area contributed by atoms with Gasteiger partial charge in [-0.25, -0.2) is 4.68 Å². The van der Waals surface area contributed by atoms with E-state index in [1.807, 2.05) is 12.1 Å². The molecular weight excluding hydrogens is 326 g/mol. The van der Waals surface area contributed by atoms with Crippen LogP contribution in [-0.4, -0.2) is 27.9 Å². The molecule has 0 spiro atoms. The van der Waals surface area contributed by atoms with Crippen LogP contribution in [0.1, 0.15) is 36.7 Å². The monoisotopic (exact) mass is 349 g/mol. The highest BCUT2D eigenvalue weighted by Gasteiger charge is 2.14. The molecule has 0 bridgehead atoms. The van der Waals surface area contributed by atoms with Crippen LogP contribution in [0.25, 0.3) is 11.3 Å². The van der Waals surface area contributed by atoms with E-state index in [1.54, 1.807) is 42.3 Å². The van der Waals surface area contributed by atoms with Crippen molar-refractivity contribution in [3.63, 3.8) is 0 Å². The van der Waals surface area contributed by atoms with Gasteiger partial charge in [0, 0.05) is 11.1 Å². The first-order valence-electron chi connectivity index (χ1n) is 8.55. The van der Waals surface area contributed by atoms with E-state index in [1.165, 1.54) is 5.56 Å². The lowest BCUT2D eigenvalue weighted by Crippen LogP contribution is -2.11. The van der Waals surface area contributed by atoms with Gasteiger partial charge >= 0.3 is 0 Å². The first kappa shape index (κ1) is 17.9. The molecule has 0 radical (unpaired) electrons. The van der Waals surface area contributed by atoms with E-state index in [-0.39, 0.29) is 17.7 Å². The summed E-state index contributed by atoms with van der Waals surface area (Å²) in [5.41, 5.74) is 3.75. The molecule has 1 aromatic heterocycles. The maximum atomic E-state index is 12.4. The minimum Gasteiger partial charge on any atom is -0.497 e. The summed E-state index contributed by atoms with van der Waals surface area (Å²) in [6.45, 7) is 6.70. The molecule has 0 unspecified atom stereocenters. The molecular formula is C21H23N3O2. The number of aromatic nitrogens is 3. The Morgan fingerprint density at radius 3 is 2.27 bits per heavy atom.